The van der Waals surface area contributed by atoms with Crippen molar-refractivity contribution in [1.29, 1.82) is 0 Å². The molecule has 1 unspecified atom stereocenters. The molecule has 0 radical (unpaired) electrons. The van der Waals surface area contributed by atoms with E-state index in [0.717, 1.165) is 18.1 Å². The second-order valence-electron chi connectivity index (χ2n) is 6.00. The van der Waals surface area contributed by atoms with Crippen molar-refractivity contribution in [2.24, 2.45) is 5.92 Å². The van der Waals surface area contributed by atoms with E-state index < -0.39 is 0 Å². The first kappa shape index (κ1) is 11.6. The van der Waals surface area contributed by atoms with Gasteiger partial charge in [-0.25, -0.2) is 0 Å². The SMILES string of the molecule is CC1(C)Cc2cc(C(Br)C3CCC3)ccc2O1. The summed E-state index contributed by atoms with van der Waals surface area (Å²) < 4.78 is 5.91. The van der Waals surface area contributed by atoms with Gasteiger partial charge in [0.15, 0.2) is 0 Å². The fraction of sp³-hybridized carbons (Fsp3) is 0.600. The third-order valence-electron chi connectivity index (χ3n) is 3.97. The lowest BCUT2D eigenvalue weighted by Crippen LogP contribution is -2.24. The first-order valence-corrected chi connectivity index (χ1v) is 7.43. The molecular weight excluding hydrogens is 276 g/mol. The van der Waals surface area contributed by atoms with Gasteiger partial charge in [-0.05, 0) is 49.8 Å². The van der Waals surface area contributed by atoms with Crippen LogP contribution in [-0.2, 0) is 6.42 Å². The first-order valence-electron chi connectivity index (χ1n) is 6.51. The molecule has 1 aromatic rings. The van der Waals surface area contributed by atoms with Gasteiger partial charge in [-0.1, -0.05) is 34.5 Å². The third kappa shape index (κ3) is 2.12. The predicted octanol–water partition coefficient (Wildman–Crippen LogP) is 4.64. The Morgan fingerprint density at radius 1 is 1.35 bits per heavy atom. The quantitative estimate of drug-likeness (QED) is 0.722. The van der Waals surface area contributed by atoms with Crippen LogP contribution in [-0.4, -0.2) is 5.60 Å². The lowest BCUT2D eigenvalue weighted by molar-refractivity contribution is 0.138. The van der Waals surface area contributed by atoms with Crippen molar-refractivity contribution in [2.45, 2.75) is 50.0 Å². The summed E-state index contributed by atoms with van der Waals surface area (Å²) in [4.78, 5) is 0.533. The number of rotatable bonds is 2. The summed E-state index contributed by atoms with van der Waals surface area (Å²) in [6, 6.07) is 6.70. The van der Waals surface area contributed by atoms with Gasteiger partial charge in [0.2, 0.25) is 0 Å². The van der Waals surface area contributed by atoms with Crippen LogP contribution in [0, 0.1) is 5.92 Å². The van der Waals surface area contributed by atoms with Crippen molar-refractivity contribution in [3.63, 3.8) is 0 Å². The van der Waals surface area contributed by atoms with E-state index in [1.165, 1.54) is 30.4 Å². The number of fused-ring (bicyclic) bond motifs is 1. The zero-order valence-electron chi connectivity index (χ0n) is 10.5. The summed E-state index contributed by atoms with van der Waals surface area (Å²) >= 11 is 3.86. The Morgan fingerprint density at radius 3 is 2.76 bits per heavy atom. The van der Waals surface area contributed by atoms with E-state index in [2.05, 4.69) is 48.0 Å². The highest BCUT2D eigenvalue weighted by atomic mass is 79.9. The molecule has 1 heterocycles. The second kappa shape index (κ2) is 4.01. The largest absolute Gasteiger partial charge is 0.487 e. The topological polar surface area (TPSA) is 9.23 Å². The minimum atomic E-state index is -0.0285. The first-order chi connectivity index (χ1) is 8.05. The van der Waals surface area contributed by atoms with Crippen LogP contribution in [0.25, 0.3) is 0 Å². The Labute approximate surface area is 112 Å². The van der Waals surface area contributed by atoms with Crippen molar-refractivity contribution >= 4 is 15.9 Å². The van der Waals surface area contributed by atoms with Crippen molar-refractivity contribution in [2.75, 3.05) is 0 Å². The van der Waals surface area contributed by atoms with Crippen molar-refractivity contribution in [3.8, 4) is 5.75 Å². The van der Waals surface area contributed by atoms with Gasteiger partial charge in [-0.2, -0.15) is 0 Å². The molecule has 1 aliphatic carbocycles. The van der Waals surface area contributed by atoms with Gasteiger partial charge >= 0.3 is 0 Å². The summed E-state index contributed by atoms with van der Waals surface area (Å²) in [5.74, 6) is 1.91. The van der Waals surface area contributed by atoms with Gasteiger partial charge in [0, 0.05) is 11.2 Å². The number of hydrogen-bond donors (Lipinski definition) is 0. The minimum absolute atomic E-state index is 0.0285. The molecule has 1 saturated carbocycles. The summed E-state index contributed by atoms with van der Waals surface area (Å²) in [6.45, 7) is 4.31. The average molecular weight is 295 g/mol. The molecule has 1 aromatic carbocycles. The Balaban J connectivity index is 1.85. The summed E-state index contributed by atoms with van der Waals surface area (Å²) in [7, 11) is 0. The van der Waals surface area contributed by atoms with Crippen LogP contribution in [0.5, 0.6) is 5.75 Å². The maximum absolute atomic E-state index is 5.91. The third-order valence-corrected chi connectivity index (χ3v) is 5.25. The van der Waals surface area contributed by atoms with Gasteiger partial charge in [0.1, 0.15) is 11.4 Å². The van der Waals surface area contributed by atoms with Gasteiger partial charge < -0.3 is 4.74 Å². The molecule has 2 heteroatoms. The summed E-state index contributed by atoms with van der Waals surface area (Å²) in [5.41, 5.74) is 2.77. The summed E-state index contributed by atoms with van der Waals surface area (Å²) in [6.07, 6.45) is 5.17. The van der Waals surface area contributed by atoms with Crippen molar-refractivity contribution < 1.29 is 4.74 Å². The fourth-order valence-corrected chi connectivity index (χ4v) is 3.62. The molecule has 0 aromatic heterocycles. The molecule has 3 rings (SSSR count). The van der Waals surface area contributed by atoms with Gasteiger partial charge in [-0.3, -0.25) is 0 Å². The Bertz CT molecular complexity index is 435. The number of halogens is 1. The highest BCUT2D eigenvalue weighted by molar-refractivity contribution is 9.09. The molecule has 0 amide bonds. The van der Waals surface area contributed by atoms with Crippen LogP contribution in [0.1, 0.15) is 49.1 Å². The normalized spacial score (nSPS) is 23.7. The second-order valence-corrected chi connectivity index (χ2v) is 6.98. The molecule has 0 N–H and O–H groups in total. The predicted molar refractivity (Wildman–Crippen MR) is 73.9 cm³/mol. The van der Waals surface area contributed by atoms with Crippen molar-refractivity contribution in [1.82, 2.24) is 0 Å². The molecule has 92 valence electrons. The van der Waals surface area contributed by atoms with Crippen LogP contribution in [0.15, 0.2) is 18.2 Å². The Hall–Kier alpha value is -0.500. The molecule has 1 atom stereocenters. The monoisotopic (exact) mass is 294 g/mol. The van der Waals surface area contributed by atoms with Gasteiger partial charge in [0.05, 0.1) is 0 Å². The van der Waals surface area contributed by atoms with Gasteiger partial charge in [-0.15, -0.1) is 0 Å². The van der Waals surface area contributed by atoms with E-state index in [1.807, 2.05) is 0 Å². The number of ether oxygens (including phenoxy) is 1. The van der Waals surface area contributed by atoms with Crippen LogP contribution >= 0.6 is 15.9 Å². The highest BCUT2D eigenvalue weighted by Crippen LogP contribution is 2.45. The van der Waals surface area contributed by atoms with Crippen LogP contribution < -0.4 is 4.74 Å². The van der Waals surface area contributed by atoms with E-state index in [1.54, 1.807) is 0 Å². The van der Waals surface area contributed by atoms with E-state index in [9.17, 15) is 0 Å². The van der Waals surface area contributed by atoms with E-state index in [0.29, 0.717) is 4.83 Å². The number of hydrogen-bond acceptors (Lipinski definition) is 1. The van der Waals surface area contributed by atoms with Crippen molar-refractivity contribution in [3.05, 3.63) is 29.3 Å². The zero-order valence-corrected chi connectivity index (χ0v) is 12.1. The van der Waals surface area contributed by atoms with Crippen LogP contribution in [0.2, 0.25) is 0 Å². The lowest BCUT2D eigenvalue weighted by atomic mass is 9.80. The molecule has 0 bridgehead atoms. The molecule has 17 heavy (non-hydrogen) atoms. The molecule has 0 saturated heterocycles. The highest BCUT2D eigenvalue weighted by Gasteiger charge is 2.32. The average Bonchev–Trinajstić information content (AvgIpc) is 2.47. The fourth-order valence-electron chi connectivity index (χ4n) is 2.81. The Kier molecular flexibility index (Phi) is 2.73. The van der Waals surface area contributed by atoms with E-state index >= 15 is 0 Å². The molecule has 0 spiro atoms. The number of benzene rings is 1. The standard InChI is InChI=1S/C15H19BrO/c1-15(2)9-12-8-11(6-7-13(12)17-15)14(16)10-4-3-5-10/h6-8,10,14H,3-5,9H2,1-2H3. The number of alkyl halides is 1. The maximum Gasteiger partial charge on any atom is 0.123 e. The summed E-state index contributed by atoms with van der Waals surface area (Å²) in [5, 5.41) is 0. The maximum atomic E-state index is 5.91. The molecule has 1 nitrogen and oxygen atoms in total. The molecule has 1 fully saturated rings. The molecular formula is C15H19BrO. The van der Waals surface area contributed by atoms with E-state index in [-0.39, 0.29) is 5.60 Å². The minimum Gasteiger partial charge on any atom is -0.487 e. The zero-order chi connectivity index (χ0) is 12.0. The lowest BCUT2D eigenvalue weighted by Gasteiger charge is -2.30. The van der Waals surface area contributed by atoms with Gasteiger partial charge in [0.25, 0.3) is 0 Å². The Morgan fingerprint density at radius 2 is 2.12 bits per heavy atom. The van der Waals surface area contributed by atoms with Crippen LogP contribution in [0.3, 0.4) is 0 Å². The molecule has 1 aliphatic heterocycles. The van der Waals surface area contributed by atoms with Crippen LogP contribution in [0.4, 0.5) is 0 Å². The molecule has 2 aliphatic rings. The smallest absolute Gasteiger partial charge is 0.123 e. The van der Waals surface area contributed by atoms with E-state index in [4.69, 9.17) is 4.74 Å².